The van der Waals surface area contributed by atoms with E-state index in [2.05, 4.69) is 10.3 Å². The van der Waals surface area contributed by atoms with E-state index < -0.39 is 0 Å². The molecule has 0 unspecified atom stereocenters. The number of nitrogens with one attached hydrogen (secondary N) is 1. The molecule has 0 radical (unpaired) electrons. The van der Waals surface area contributed by atoms with Crippen LogP contribution in [0.5, 0.6) is 0 Å². The largest absolute Gasteiger partial charge is 0.392 e. The molecule has 0 spiro atoms. The summed E-state index contributed by atoms with van der Waals surface area (Å²) >= 11 is 0. The molecule has 1 aromatic carbocycles. The van der Waals surface area contributed by atoms with Gasteiger partial charge in [-0.15, -0.1) is 0 Å². The molecule has 1 aliphatic carbocycles. The van der Waals surface area contributed by atoms with E-state index in [1.165, 1.54) is 39.0 Å². The highest BCUT2D eigenvalue weighted by atomic mass is 16.3. The number of benzene rings is 1. The van der Waals surface area contributed by atoms with Gasteiger partial charge in [0.1, 0.15) is 0 Å². The summed E-state index contributed by atoms with van der Waals surface area (Å²) in [7, 11) is 0. The molecule has 1 saturated carbocycles. The van der Waals surface area contributed by atoms with Crippen LogP contribution in [0.3, 0.4) is 0 Å². The van der Waals surface area contributed by atoms with Crippen LogP contribution >= 0.6 is 0 Å². The summed E-state index contributed by atoms with van der Waals surface area (Å²) in [5.74, 6) is 1.07. The second-order valence-corrected chi connectivity index (χ2v) is 6.79. The van der Waals surface area contributed by atoms with Gasteiger partial charge in [0.15, 0.2) is 5.82 Å². The summed E-state index contributed by atoms with van der Waals surface area (Å²) in [6.45, 7) is 1.52. The van der Waals surface area contributed by atoms with Crippen molar-refractivity contribution < 1.29 is 9.90 Å². The molecule has 132 valence electrons. The van der Waals surface area contributed by atoms with Crippen LogP contribution in [0.15, 0.2) is 30.5 Å². The van der Waals surface area contributed by atoms with Crippen molar-refractivity contribution in [3.63, 3.8) is 0 Å². The molecule has 0 aliphatic heterocycles. The van der Waals surface area contributed by atoms with Crippen LogP contribution in [0, 0.1) is 5.92 Å². The van der Waals surface area contributed by atoms with Crippen LogP contribution in [0.25, 0.3) is 11.3 Å². The fourth-order valence-electron chi connectivity index (χ4n) is 3.43. The average Bonchev–Trinajstić information content (AvgIpc) is 2.64. The van der Waals surface area contributed by atoms with Gasteiger partial charge in [-0.3, -0.25) is 4.79 Å². The molecule has 0 bridgehead atoms. The number of rotatable bonds is 5. The number of carbonyl (C=O) groups excluding carboxylic acids is 1. The first-order chi connectivity index (χ1) is 12.2. The first-order valence-electron chi connectivity index (χ1n) is 8.99. The van der Waals surface area contributed by atoms with E-state index in [0.29, 0.717) is 11.7 Å². The molecule has 1 heterocycles. The van der Waals surface area contributed by atoms with Crippen molar-refractivity contribution in [2.45, 2.75) is 52.1 Å². The molecule has 2 N–H and O–H groups in total. The number of aliphatic hydroxyl groups excluding tert-OH is 1. The molecule has 0 atom stereocenters. The molecule has 3 rings (SSSR count). The monoisotopic (exact) mass is 339 g/mol. The maximum Gasteiger partial charge on any atom is 0.222 e. The van der Waals surface area contributed by atoms with Gasteiger partial charge >= 0.3 is 0 Å². The van der Waals surface area contributed by atoms with Crippen molar-refractivity contribution in [3.8, 4) is 11.3 Å². The van der Waals surface area contributed by atoms with E-state index in [4.69, 9.17) is 4.98 Å². The van der Waals surface area contributed by atoms with Gasteiger partial charge in [-0.2, -0.15) is 0 Å². The summed E-state index contributed by atoms with van der Waals surface area (Å²) in [4.78, 5) is 20.7. The summed E-state index contributed by atoms with van der Waals surface area (Å²) in [6, 6.07) is 7.66. The molecule has 1 aromatic heterocycles. The van der Waals surface area contributed by atoms with Crippen molar-refractivity contribution in [2.75, 3.05) is 5.32 Å². The molecule has 1 aliphatic rings. The average molecular weight is 339 g/mol. The summed E-state index contributed by atoms with van der Waals surface area (Å²) < 4.78 is 0. The number of nitrogens with zero attached hydrogens (tertiary/aromatic N) is 2. The summed E-state index contributed by atoms with van der Waals surface area (Å²) in [5, 5.41) is 12.0. The molecule has 0 saturated heterocycles. The van der Waals surface area contributed by atoms with Crippen molar-refractivity contribution >= 4 is 11.7 Å². The zero-order valence-corrected chi connectivity index (χ0v) is 14.7. The van der Waals surface area contributed by atoms with E-state index in [1.807, 2.05) is 24.3 Å². The minimum Gasteiger partial charge on any atom is -0.392 e. The van der Waals surface area contributed by atoms with Crippen LogP contribution in [0.4, 0.5) is 5.82 Å². The second kappa shape index (κ2) is 8.21. The molecule has 5 heteroatoms. The van der Waals surface area contributed by atoms with Gasteiger partial charge in [0.2, 0.25) is 5.91 Å². The Balaban J connectivity index is 1.88. The Hall–Kier alpha value is -2.27. The zero-order valence-electron chi connectivity index (χ0n) is 14.7. The Labute approximate surface area is 148 Å². The van der Waals surface area contributed by atoms with Crippen LogP contribution < -0.4 is 5.32 Å². The number of hydrogen-bond donors (Lipinski definition) is 2. The van der Waals surface area contributed by atoms with Gasteiger partial charge in [-0.05, 0) is 17.9 Å². The number of aromatic nitrogens is 2. The lowest BCUT2D eigenvalue weighted by atomic mass is 9.86. The minimum absolute atomic E-state index is 0.0281. The van der Waals surface area contributed by atoms with E-state index in [1.54, 1.807) is 6.20 Å². The maximum atomic E-state index is 11.5. The van der Waals surface area contributed by atoms with E-state index in [0.717, 1.165) is 28.9 Å². The van der Waals surface area contributed by atoms with E-state index in [-0.39, 0.29) is 12.5 Å². The quantitative estimate of drug-likeness (QED) is 0.870. The molecule has 5 nitrogen and oxygen atoms in total. The Morgan fingerprint density at radius 3 is 2.56 bits per heavy atom. The number of carbonyl (C=O) groups is 1. The van der Waals surface area contributed by atoms with Gasteiger partial charge in [-0.25, -0.2) is 9.97 Å². The molecule has 25 heavy (non-hydrogen) atoms. The van der Waals surface area contributed by atoms with Crippen LogP contribution in [-0.4, -0.2) is 21.0 Å². The zero-order chi connectivity index (χ0) is 17.6. The molecular formula is C20H25N3O2. The second-order valence-electron chi connectivity index (χ2n) is 6.79. The summed E-state index contributed by atoms with van der Waals surface area (Å²) in [5.41, 5.74) is 3.49. The highest BCUT2D eigenvalue weighted by Crippen LogP contribution is 2.29. The normalized spacial score (nSPS) is 15.1. The van der Waals surface area contributed by atoms with Gasteiger partial charge in [0, 0.05) is 12.5 Å². The predicted molar refractivity (Wildman–Crippen MR) is 98.0 cm³/mol. The van der Waals surface area contributed by atoms with Crippen LogP contribution in [0.2, 0.25) is 0 Å². The number of aliphatic hydroxyl groups is 1. The van der Waals surface area contributed by atoms with Crippen molar-refractivity contribution in [1.82, 2.24) is 9.97 Å². The van der Waals surface area contributed by atoms with Gasteiger partial charge in [0.05, 0.1) is 24.2 Å². The summed E-state index contributed by atoms with van der Waals surface area (Å²) in [6.07, 6.45) is 8.85. The highest BCUT2D eigenvalue weighted by molar-refractivity contribution is 5.88. The SMILES string of the molecule is CC(=O)Nc1ncc(-c2ccc(CO)cc2)nc1CC1CCCCC1. The number of anilines is 1. The number of hydrogen-bond acceptors (Lipinski definition) is 4. The maximum absolute atomic E-state index is 11.5. The van der Waals surface area contributed by atoms with Crippen LogP contribution in [0.1, 0.15) is 50.3 Å². The third-order valence-electron chi connectivity index (χ3n) is 4.78. The molecular weight excluding hydrogens is 314 g/mol. The predicted octanol–water partition coefficient (Wildman–Crippen LogP) is 3.72. The smallest absolute Gasteiger partial charge is 0.222 e. The fraction of sp³-hybridized carbons (Fsp3) is 0.450. The first-order valence-corrected chi connectivity index (χ1v) is 8.99. The van der Waals surface area contributed by atoms with E-state index in [9.17, 15) is 9.90 Å². The lowest BCUT2D eigenvalue weighted by Crippen LogP contribution is -2.16. The fourth-order valence-corrected chi connectivity index (χ4v) is 3.43. The standard InChI is InChI=1S/C20H25N3O2/c1-14(25)22-20-18(11-15-5-3-2-4-6-15)23-19(12-21-20)17-9-7-16(13-24)8-10-17/h7-10,12,15,24H,2-6,11,13H2,1H3,(H,21,22,25). The Morgan fingerprint density at radius 1 is 1.20 bits per heavy atom. The Bertz CT molecular complexity index is 722. The van der Waals surface area contributed by atoms with Gasteiger partial charge in [0.25, 0.3) is 0 Å². The lowest BCUT2D eigenvalue weighted by molar-refractivity contribution is -0.114. The molecule has 1 fully saturated rings. The van der Waals surface area contributed by atoms with Crippen LogP contribution in [-0.2, 0) is 17.8 Å². The van der Waals surface area contributed by atoms with Crippen molar-refractivity contribution in [2.24, 2.45) is 5.92 Å². The van der Waals surface area contributed by atoms with Crippen molar-refractivity contribution in [1.29, 1.82) is 0 Å². The third kappa shape index (κ3) is 4.63. The minimum atomic E-state index is -0.126. The van der Waals surface area contributed by atoms with E-state index >= 15 is 0 Å². The van der Waals surface area contributed by atoms with Gasteiger partial charge < -0.3 is 10.4 Å². The van der Waals surface area contributed by atoms with Crippen molar-refractivity contribution in [3.05, 3.63) is 41.7 Å². The topological polar surface area (TPSA) is 75.1 Å². The molecule has 2 aromatic rings. The first kappa shape index (κ1) is 17.5. The highest BCUT2D eigenvalue weighted by Gasteiger charge is 2.18. The third-order valence-corrected chi connectivity index (χ3v) is 4.78. The Kier molecular flexibility index (Phi) is 5.76. The lowest BCUT2D eigenvalue weighted by Gasteiger charge is -2.22. The number of amides is 1. The Morgan fingerprint density at radius 2 is 1.92 bits per heavy atom. The molecule has 1 amide bonds. The van der Waals surface area contributed by atoms with Gasteiger partial charge in [-0.1, -0.05) is 56.4 Å².